The van der Waals surface area contributed by atoms with Crippen LogP contribution in [0.5, 0.6) is 0 Å². The molecule has 34 heavy (non-hydrogen) atoms. The highest BCUT2D eigenvalue weighted by molar-refractivity contribution is 6.10. The van der Waals surface area contributed by atoms with E-state index in [4.69, 9.17) is 15.2 Å². The molecule has 2 unspecified atom stereocenters. The normalized spacial score (nSPS) is 19.7. The van der Waals surface area contributed by atoms with Crippen molar-refractivity contribution in [1.29, 1.82) is 0 Å². The maximum absolute atomic E-state index is 13.8. The Labute approximate surface area is 197 Å². The van der Waals surface area contributed by atoms with Crippen molar-refractivity contribution < 1.29 is 19.1 Å². The number of rotatable bonds is 5. The number of para-hydroxylation sites is 1. The second-order valence-electron chi connectivity index (χ2n) is 8.05. The van der Waals surface area contributed by atoms with E-state index in [2.05, 4.69) is 0 Å². The molecular weight excluding hydrogens is 428 g/mol. The lowest BCUT2D eigenvalue weighted by molar-refractivity contribution is -0.139. The van der Waals surface area contributed by atoms with Gasteiger partial charge in [0.1, 0.15) is 5.57 Å². The molecule has 2 aliphatic rings. The quantitative estimate of drug-likeness (QED) is 0.573. The maximum Gasteiger partial charge on any atom is 0.340 e. The van der Waals surface area contributed by atoms with Gasteiger partial charge in [-0.25, -0.2) is 4.79 Å². The van der Waals surface area contributed by atoms with E-state index in [0.717, 1.165) is 16.8 Å². The number of benzene rings is 3. The van der Waals surface area contributed by atoms with Gasteiger partial charge in [-0.15, -0.1) is 0 Å². The lowest BCUT2D eigenvalue weighted by Gasteiger charge is -2.32. The average molecular weight is 453 g/mol. The summed E-state index contributed by atoms with van der Waals surface area (Å²) in [5.41, 5.74) is 9.60. The zero-order valence-corrected chi connectivity index (χ0v) is 18.7. The number of amides is 1. The molecule has 170 valence electrons. The number of hydrogen-bond acceptors (Lipinski definition) is 5. The zero-order chi connectivity index (χ0) is 23.7. The lowest BCUT2D eigenvalue weighted by atomic mass is 9.78. The molecule has 5 rings (SSSR count). The molecule has 0 bridgehead atoms. The predicted molar refractivity (Wildman–Crippen MR) is 128 cm³/mol. The van der Waals surface area contributed by atoms with Gasteiger partial charge in [0.25, 0.3) is 5.91 Å². The van der Waals surface area contributed by atoms with E-state index >= 15 is 0 Å². The van der Waals surface area contributed by atoms with Crippen LogP contribution in [0.2, 0.25) is 0 Å². The van der Waals surface area contributed by atoms with Crippen molar-refractivity contribution in [3.63, 3.8) is 0 Å². The second-order valence-corrected chi connectivity index (χ2v) is 8.05. The summed E-state index contributed by atoms with van der Waals surface area (Å²) in [5.74, 6) is -1.43. The molecule has 3 aromatic rings. The Morgan fingerprint density at radius 1 is 0.912 bits per heavy atom. The number of carbonyl (C=O) groups excluding carboxylic acids is 2. The van der Waals surface area contributed by atoms with Crippen LogP contribution in [-0.2, 0) is 19.1 Å². The van der Waals surface area contributed by atoms with Gasteiger partial charge >= 0.3 is 5.97 Å². The Bertz CT molecular complexity index is 1280. The van der Waals surface area contributed by atoms with E-state index < -0.39 is 17.9 Å². The van der Waals surface area contributed by atoms with Crippen molar-refractivity contribution >= 4 is 17.6 Å². The molecule has 2 atom stereocenters. The van der Waals surface area contributed by atoms with Gasteiger partial charge in [0.05, 0.1) is 12.6 Å². The SMILES string of the molecule is CCOC(=O)C1=C(N)OC2=C(C1c1ccccc1)C(c1ccccc1)N(c1ccccc1)C2=O. The fourth-order valence-electron chi connectivity index (χ4n) is 4.71. The molecule has 0 spiro atoms. The third-order valence-corrected chi connectivity index (χ3v) is 6.08. The summed E-state index contributed by atoms with van der Waals surface area (Å²) in [7, 11) is 0. The van der Waals surface area contributed by atoms with Gasteiger partial charge in [-0.1, -0.05) is 78.9 Å². The number of hydrogen-bond donors (Lipinski definition) is 1. The van der Waals surface area contributed by atoms with Crippen molar-refractivity contribution in [1.82, 2.24) is 0 Å². The van der Waals surface area contributed by atoms with Gasteiger partial charge in [-0.2, -0.15) is 0 Å². The summed E-state index contributed by atoms with van der Waals surface area (Å²) in [5, 5.41) is 0. The monoisotopic (exact) mass is 452 g/mol. The van der Waals surface area contributed by atoms with Gasteiger partial charge in [0.15, 0.2) is 5.76 Å². The Balaban J connectivity index is 1.75. The summed E-state index contributed by atoms with van der Waals surface area (Å²) >= 11 is 0. The van der Waals surface area contributed by atoms with Crippen molar-refractivity contribution in [2.75, 3.05) is 11.5 Å². The van der Waals surface area contributed by atoms with Gasteiger partial charge in [0.2, 0.25) is 5.88 Å². The van der Waals surface area contributed by atoms with Crippen LogP contribution in [0.1, 0.15) is 30.0 Å². The first kappa shape index (κ1) is 21.5. The minimum Gasteiger partial charge on any atom is -0.462 e. The Hall–Kier alpha value is -4.32. The van der Waals surface area contributed by atoms with Gasteiger partial charge in [0, 0.05) is 17.2 Å². The number of anilines is 1. The minimum absolute atomic E-state index is 0.110. The highest BCUT2D eigenvalue weighted by Gasteiger charge is 2.51. The fourth-order valence-corrected chi connectivity index (χ4v) is 4.71. The Morgan fingerprint density at radius 3 is 2.06 bits per heavy atom. The molecule has 2 N–H and O–H groups in total. The van der Waals surface area contributed by atoms with E-state index in [1.807, 2.05) is 91.0 Å². The zero-order valence-electron chi connectivity index (χ0n) is 18.7. The van der Waals surface area contributed by atoms with Crippen LogP contribution >= 0.6 is 0 Å². The molecule has 0 radical (unpaired) electrons. The molecule has 0 saturated heterocycles. The van der Waals surface area contributed by atoms with Crippen molar-refractivity contribution in [3.05, 3.63) is 125 Å². The van der Waals surface area contributed by atoms with Gasteiger partial charge in [-0.05, 0) is 30.2 Å². The molecule has 0 aromatic heterocycles. The summed E-state index contributed by atoms with van der Waals surface area (Å²) in [6.07, 6.45) is 0. The van der Waals surface area contributed by atoms with Crippen LogP contribution in [0.3, 0.4) is 0 Å². The molecule has 2 aliphatic heterocycles. The third-order valence-electron chi connectivity index (χ3n) is 6.08. The molecule has 3 aromatic carbocycles. The van der Waals surface area contributed by atoms with Crippen molar-refractivity contribution in [2.24, 2.45) is 5.73 Å². The smallest absolute Gasteiger partial charge is 0.340 e. The molecule has 2 heterocycles. The highest BCUT2D eigenvalue weighted by Crippen LogP contribution is 2.52. The standard InChI is InChI=1S/C28H24N2O4/c1-2-33-28(32)23-21(18-12-6-3-7-13-18)22-24(19-14-8-4-9-15-19)30(20-16-10-5-11-17-20)27(31)25(22)34-26(23)29/h3-17,21,24H,2,29H2,1H3. The van der Waals surface area contributed by atoms with E-state index in [1.165, 1.54) is 0 Å². The third kappa shape index (κ3) is 3.53. The number of nitrogens with two attached hydrogens (primary N) is 1. The molecule has 1 amide bonds. The number of carbonyl (C=O) groups is 2. The lowest BCUT2D eigenvalue weighted by Crippen LogP contribution is -2.30. The van der Waals surface area contributed by atoms with Gasteiger partial charge < -0.3 is 15.2 Å². The largest absolute Gasteiger partial charge is 0.462 e. The summed E-state index contributed by atoms with van der Waals surface area (Å²) in [6.45, 7) is 1.93. The van der Waals surface area contributed by atoms with Crippen LogP contribution in [-0.4, -0.2) is 18.5 Å². The summed E-state index contributed by atoms with van der Waals surface area (Å²) < 4.78 is 11.3. The fraction of sp³-hybridized carbons (Fsp3) is 0.143. The first-order chi connectivity index (χ1) is 16.6. The van der Waals surface area contributed by atoms with E-state index in [0.29, 0.717) is 5.57 Å². The van der Waals surface area contributed by atoms with Crippen LogP contribution in [0.15, 0.2) is 114 Å². The molecule has 0 saturated carbocycles. The topological polar surface area (TPSA) is 81.9 Å². The first-order valence-electron chi connectivity index (χ1n) is 11.2. The summed E-state index contributed by atoms with van der Waals surface area (Å²) in [6, 6.07) is 28.2. The van der Waals surface area contributed by atoms with Gasteiger partial charge in [-0.3, -0.25) is 9.69 Å². The first-order valence-corrected chi connectivity index (χ1v) is 11.2. The Morgan fingerprint density at radius 2 is 1.47 bits per heavy atom. The number of nitrogens with zero attached hydrogens (tertiary/aromatic N) is 1. The molecule has 6 heteroatoms. The molecule has 0 fully saturated rings. The van der Waals surface area contributed by atoms with E-state index in [9.17, 15) is 9.59 Å². The number of esters is 1. The minimum atomic E-state index is -0.605. The summed E-state index contributed by atoms with van der Waals surface area (Å²) in [4.78, 5) is 28.6. The van der Waals surface area contributed by atoms with Crippen LogP contribution in [0.4, 0.5) is 5.69 Å². The van der Waals surface area contributed by atoms with Crippen LogP contribution < -0.4 is 10.6 Å². The molecule has 0 aliphatic carbocycles. The maximum atomic E-state index is 13.8. The number of ether oxygens (including phenoxy) is 2. The highest BCUT2D eigenvalue weighted by atomic mass is 16.5. The van der Waals surface area contributed by atoms with E-state index in [-0.39, 0.29) is 29.7 Å². The second kappa shape index (κ2) is 8.90. The predicted octanol–water partition coefficient (Wildman–Crippen LogP) is 4.58. The van der Waals surface area contributed by atoms with Crippen LogP contribution in [0.25, 0.3) is 0 Å². The molecule has 6 nitrogen and oxygen atoms in total. The van der Waals surface area contributed by atoms with E-state index in [1.54, 1.807) is 11.8 Å². The Kier molecular flexibility index (Phi) is 5.64. The van der Waals surface area contributed by atoms with Crippen molar-refractivity contribution in [3.8, 4) is 0 Å². The average Bonchev–Trinajstić information content (AvgIpc) is 3.16. The van der Waals surface area contributed by atoms with Crippen molar-refractivity contribution in [2.45, 2.75) is 18.9 Å². The molecular formula is C28H24N2O4. The van der Waals surface area contributed by atoms with Crippen LogP contribution in [0, 0.1) is 0 Å².